The number of piperidine rings is 1. The molecule has 0 bridgehead atoms. The molecule has 0 amide bonds. The summed E-state index contributed by atoms with van der Waals surface area (Å²) in [4.78, 5) is 2.42. The zero-order valence-electron chi connectivity index (χ0n) is 11.0. The smallest absolute Gasteiger partial charge is 0.0625 e. The van der Waals surface area contributed by atoms with E-state index in [2.05, 4.69) is 42.5 Å². The molecule has 0 atom stereocenters. The van der Waals surface area contributed by atoms with Crippen LogP contribution in [-0.2, 0) is 6.54 Å². The lowest BCUT2D eigenvalue weighted by atomic mass is 9.97. The Morgan fingerprint density at radius 3 is 2.31 bits per heavy atom. The monoisotopic (exact) mass is 221 g/mol. The summed E-state index contributed by atoms with van der Waals surface area (Å²) in [6.45, 7) is 10.0. The Morgan fingerprint density at radius 2 is 1.81 bits per heavy atom. The van der Waals surface area contributed by atoms with Gasteiger partial charge in [-0.15, -0.1) is 0 Å². The molecule has 1 aliphatic rings. The Hall–Kier alpha value is -0.830. The van der Waals surface area contributed by atoms with Crippen molar-refractivity contribution < 1.29 is 0 Å². The largest absolute Gasteiger partial charge is 0.306 e. The minimum atomic E-state index is 0.814. The summed E-state index contributed by atoms with van der Waals surface area (Å²) in [6.07, 6.45) is 2.63. The highest BCUT2D eigenvalue weighted by atomic mass is 15.3. The van der Waals surface area contributed by atoms with Crippen LogP contribution >= 0.6 is 0 Å². The number of nitrogens with zero attached hydrogens (tertiary/aromatic N) is 3. The first-order valence-electron chi connectivity index (χ1n) is 6.27. The number of rotatable bonds is 2. The number of hydrogen-bond donors (Lipinski definition) is 0. The molecule has 0 aliphatic carbocycles. The predicted octanol–water partition coefficient (Wildman–Crippen LogP) is 2.15. The molecule has 3 heteroatoms. The fourth-order valence-electron chi connectivity index (χ4n) is 2.45. The Morgan fingerprint density at radius 1 is 1.19 bits per heavy atom. The van der Waals surface area contributed by atoms with E-state index in [1.165, 1.54) is 42.9 Å². The topological polar surface area (TPSA) is 21.1 Å². The molecule has 0 aromatic carbocycles. The van der Waals surface area contributed by atoms with E-state index >= 15 is 0 Å². The number of aromatic nitrogens is 2. The van der Waals surface area contributed by atoms with Crippen LogP contribution in [0.15, 0.2) is 0 Å². The van der Waals surface area contributed by atoms with E-state index in [9.17, 15) is 0 Å². The van der Waals surface area contributed by atoms with Crippen molar-refractivity contribution in [3.8, 4) is 0 Å². The van der Waals surface area contributed by atoms with E-state index < -0.39 is 0 Å². The summed E-state index contributed by atoms with van der Waals surface area (Å²) >= 11 is 0. The SMILES string of the molecule is Cc1nn(CC2CCN(C)CC2)c(C)c1C. The van der Waals surface area contributed by atoms with Crippen molar-refractivity contribution in [2.75, 3.05) is 20.1 Å². The van der Waals surface area contributed by atoms with Gasteiger partial charge in [-0.3, -0.25) is 4.68 Å². The molecule has 0 N–H and O–H groups in total. The van der Waals surface area contributed by atoms with Crippen LogP contribution in [0.5, 0.6) is 0 Å². The fraction of sp³-hybridized carbons (Fsp3) is 0.769. The number of likely N-dealkylation sites (tertiary alicyclic amines) is 1. The van der Waals surface area contributed by atoms with Gasteiger partial charge in [0.15, 0.2) is 0 Å². The first kappa shape index (κ1) is 11.6. The van der Waals surface area contributed by atoms with Crippen molar-refractivity contribution in [3.05, 3.63) is 17.0 Å². The molecule has 0 spiro atoms. The highest BCUT2D eigenvalue weighted by molar-refractivity contribution is 5.22. The van der Waals surface area contributed by atoms with E-state index in [0.717, 1.165) is 12.5 Å². The Kier molecular flexibility index (Phi) is 3.33. The van der Waals surface area contributed by atoms with Gasteiger partial charge in [0.05, 0.1) is 5.69 Å². The van der Waals surface area contributed by atoms with E-state index in [0.29, 0.717) is 0 Å². The van der Waals surface area contributed by atoms with Crippen molar-refractivity contribution in [2.24, 2.45) is 5.92 Å². The van der Waals surface area contributed by atoms with Gasteiger partial charge in [0.25, 0.3) is 0 Å². The van der Waals surface area contributed by atoms with Gasteiger partial charge in [0, 0.05) is 12.2 Å². The lowest BCUT2D eigenvalue weighted by Crippen LogP contribution is -2.32. The number of hydrogen-bond acceptors (Lipinski definition) is 2. The van der Waals surface area contributed by atoms with Gasteiger partial charge in [0.2, 0.25) is 0 Å². The van der Waals surface area contributed by atoms with Crippen LogP contribution < -0.4 is 0 Å². The summed E-state index contributed by atoms with van der Waals surface area (Å²) in [5.74, 6) is 0.814. The van der Waals surface area contributed by atoms with Crippen molar-refractivity contribution in [1.82, 2.24) is 14.7 Å². The van der Waals surface area contributed by atoms with Crippen molar-refractivity contribution in [2.45, 2.75) is 40.2 Å². The van der Waals surface area contributed by atoms with Crippen LogP contribution in [0.2, 0.25) is 0 Å². The second kappa shape index (κ2) is 4.58. The average molecular weight is 221 g/mol. The summed E-state index contributed by atoms with van der Waals surface area (Å²) < 4.78 is 2.21. The molecule has 3 nitrogen and oxygen atoms in total. The summed E-state index contributed by atoms with van der Waals surface area (Å²) in [5, 5.41) is 4.63. The van der Waals surface area contributed by atoms with Crippen LogP contribution in [0, 0.1) is 26.7 Å². The fourth-order valence-corrected chi connectivity index (χ4v) is 2.45. The highest BCUT2D eigenvalue weighted by Gasteiger charge is 2.18. The summed E-state index contributed by atoms with van der Waals surface area (Å²) in [6, 6.07) is 0. The Labute approximate surface area is 98.4 Å². The van der Waals surface area contributed by atoms with Crippen LogP contribution in [0.4, 0.5) is 0 Å². The second-order valence-corrected chi connectivity index (χ2v) is 5.22. The molecule has 1 saturated heterocycles. The molecule has 1 aromatic rings. The minimum absolute atomic E-state index is 0.814. The standard InChI is InChI=1S/C13H23N3/c1-10-11(2)14-16(12(10)3)9-13-5-7-15(4)8-6-13/h13H,5-9H2,1-4H3. The van der Waals surface area contributed by atoms with Crippen LogP contribution in [-0.4, -0.2) is 34.8 Å². The molecule has 1 aromatic heterocycles. The van der Waals surface area contributed by atoms with Gasteiger partial charge < -0.3 is 4.90 Å². The number of aryl methyl sites for hydroxylation is 1. The van der Waals surface area contributed by atoms with Crippen LogP contribution in [0.3, 0.4) is 0 Å². The Bertz CT molecular complexity index is 359. The van der Waals surface area contributed by atoms with Gasteiger partial charge in [-0.2, -0.15) is 5.10 Å². The maximum absolute atomic E-state index is 4.63. The third kappa shape index (κ3) is 2.29. The predicted molar refractivity (Wildman–Crippen MR) is 66.7 cm³/mol. The first-order valence-corrected chi connectivity index (χ1v) is 6.27. The maximum Gasteiger partial charge on any atom is 0.0625 e. The van der Waals surface area contributed by atoms with Crippen LogP contribution in [0.1, 0.15) is 29.8 Å². The van der Waals surface area contributed by atoms with Crippen molar-refractivity contribution in [3.63, 3.8) is 0 Å². The lowest BCUT2D eigenvalue weighted by molar-refractivity contribution is 0.200. The molecule has 90 valence electrons. The van der Waals surface area contributed by atoms with Gasteiger partial charge in [-0.25, -0.2) is 0 Å². The average Bonchev–Trinajstić information content (AvgIpc) is 2.50. The lowest BCUT2D eigenvalue weighted by Gasteiger charge is -2.29. The molecule has 0 radical (unpaired) electrons. The molecule has 16 heavy (non-hydrogen) atoms. The molecule has 1 fully saturated rings. The molecule has 0 saturated carbocycles. The molecular formula is C13H23N3. The first-order chi connectivity index (χ1) is 7.58. The third-order valence-electron chi connectivity index (χ3n) is 4.01. The van der Waals surface area contributed by atoms with Gasteiger partial charge in [-0.05, 0) is 65.2 Å². The molecule has 2 heterocycles. The summed E-state index contributed by atoms with van der Waals surface area (Å²) in [5.41, 5.74) is 3.88. The van der Waals surface area contributed by atoms with Gasteiger partial charge >= 0.3 is 0 Å². The zero-order chi connectivity index (χ0) is 11.7. The molecule has 2 rings (SSSR count). The normalized spacial score (nSPS) is 19.2. The molecule has 0 unspecified atom stereocenters. The summed E-state index contributed by atoms with van der Waals surface area (Å²) in [7, 11) is 2.21. The quantitative estimate of drug-likeness (QED) is 0.763. The van der Waals surface area contributed by atoms with Crippen molar-refractivity contribution in [1.29, 1.82) is 0 Å². The van der Waals surface area contributed by atoms with E-state index in [-0.39, 0.29) is 0 Å². The highest BCUT2D eigenvalue weighted by Crippen LogP contribution is 2.20. The van der Waals surface area contributed by atoms with Crippen LogP contribution in [0.25, 0.3) is 0 Å². The Balaban J connectivity index is 2.01. The second-order valence-electron chi connectivity index (χ2n) is 5.22. The van der Waals surface area contributed by atoms with Gasteiger partial charge in [-0.1, -0.05) is 0 Å². The van der Waals surface area contributed by atoms with E-state index in [1.54, 1.807) is 0 Å². The third-order valence-corrected chi connectivity index (χ3v) is 4.01. The molecular weight excluding hydrogens is 198 g/mol. The van der Waals surface area contributed by atoms with Gasteiger partial charge in [0.1, 0.15) is 0 Å². The minimum Gasteiger partial charge on any atom is -0.306 e. The van der Waals surface area contributed by atoms with E-state index in [4.69, 9.17) is 0 Å². The zero-order valence-corrected chi connectivity index (χ0v) is 11.0. The van der Waals surface area contributed by atoms with Crippen molar-refractivity contribution >= 4 is 0 Å². The maximum atomic E-state index is 4.63. The molecule has 1 aliphatic heterocycles. The van der Waals surface area contributed by atoms with E-state index in [1.807, 2.05) is 0 Å².